The molecule has 2 aliphatic rings. The summed E-state index contributed by atoms with van der Waals surface area (Å²) in [5, 5.41) is 0. The minimum atomic E-state index is 0.0769. The molecular weight excluding hydrogens is 338 g/mol. The highest BCUT2D eigenvalue weighted by Gasteiger charge is 2.31. The van der Waals surface area contributed by atoms with E-state index in [-0.39, 0.29) is 5.92 Å². The number of amides is 1. The Hall–Kier alpha value is -2.63. The quantitative estimate of drug-likeness (QED) is 0.702. The Labute approximate surface area is 158 Å². The molecule has 3 aromatic heterocycles. The average Bonchev–Trinajstić information content (AvgIpc) is 3.23. The fourth-order valence-corrected chi connectivity index (χ4v) is 4.57. The third-order valence-corrected chi connectivity index (χ3v) is 5.95. The van der Waals surface area contributed by atoms with Crippen LogP contribution in [-0.2, 0) is 4.79 Å². The van der Waals surface area contributed by atoms with Crippen LogP contribution in [0.4, 0.5) is 5.82 Å². The number of rotatable bonds is 2. The van der Waals surface area contributed by atoms with Gasteiger partial charge in [0, 0.05) is 38.6 Å². The molecule has 2 saturated heterocycles. The number of hydrogen-bond donors (Lipinski definition) is 0. The maximum absolute atomic E-state index is 13.0. The van der Waals surface area contributed by atoms with Gasteiger partial charge in [-0.3, -0.25) is 4.79 Å². The van der Waals surface area contributed by atoms with E-state index in [1.807, 2.05) is 18.2 Å². The van der Waals surface area contributed by atoms with Crippen LogP contribution in [0.2, 0.25) is 0 Å². The summed E-state index contributed by atoms with van der Waals surface area (Å²) in [7, 11) is 0. The van der Waals surface area contributed by atoms with E-state index in [0.717, 1.165) is 74.4 Å². The smallest absolute Gasteiger partial charge is 0.227 e. The third kappa shape index (κ3) is 2.93. The lowest BCUT2D eigenvalue weighted by Crippen LogP contribution is -2.46. The van der Waals surface area contributed by atoms with Crippen molar-refractivity contribution in [2.75, 3.05) is 31.1 Å². The zero-order chi connectivity index (χ0) is 18.2. The van der Waals surface area contributed by atoms with E-state index >= 15 is 0 Å². The largest absolute Gasteiger partial charge is 0.354 e. The van der Waals surface area contributed by atoms with Gasteiger partial charge >= 0.3 is 0 Å². The minimum Gasteiger partial charge on any atom is -0.354 e. The molecule has 2 aliphatic heterocycles. The van der Waals surface area contributed by atoms with Crippen LogP contribution in [0.1, 0.15) is 32.1 Å². The van der Waals surface area contributed by atoms with Gasteiger partial charge in [0.25, 0.3) is 0 Å². The van der Waals surface area contributed by atoms with E-state index < -0.39 is 0 Å². The summed E-state index contributed by atoms with van der Waals surface area (Å²) in [5.74, 6) is 1.36. The summed E-state index contributed by atoms with van der Waals surface area (Å²) >= 11 is 0. The number of pyridine rings is 1. The Bertz CT molecular complexity index is 975. The molecule has 1 atom stereocenters. The molecule has 5 rings (SSSR count). The van der Waals surface area contributed by atoms with Gasteiger partial charge in [0.2, 0.25) is 5.91 Å². The van der Waals surface area contributed by atoms with E-state index in [1.165, 1.54) is 6.42 Å². The third-order valence-electron chi connectivity index (χ3n) is 5.95. The molecule has 0 bridgehead atoms. The second-order valence-corrected chi connectivity index (χ2v) is 7.72. The number of nitrogens with zero attached hydrogens (tertiary/aromatic N) is 5. The number of carbonyl (C=O) groups excluding carboxylic acids is 1. The molecule has 2 fully saturated rings. The summed E-state index contributed by atoms with van der Waals surface area (Å²) in [6.07, 6.45) is 9.39. The average molecular weight is 363 g/mol. The van der Waals surface area contributed by atoms with Crippen molar-refractivity contribution in [2.45, 2.75) is 32.1 Å². The van der Waals surface area contributed by atoms with Gasteiger partial charge in [-0.05, 0) is 56.4 Å². The number of carbonyl (C=O) groups is 1. The highest BCUT2D eigenvalue weighted by atomic mass is 16.2. The molecule has 1 amide bonds. The predicted octanol–water partition coefficient (Wildman–Crippen LogP) is 3.11. The highest BCUT2D eigenvalue weighted by molar-refractivity contribution is 5.84. The Morgan fingerprint density at radius 3 is 2.74 bits per heavy atom. The first-order valence-corrected chi connectivity index (χ1v) is 10.1. The van der Waals surface area contributed by atoms with Crippen LogP contribution < -0.4 is 4.90 Å². The summed E-state index contributed by atoms with van der Waals surface area (Å²) in [5.41, 5.74) is 2.85. The molecule has 0 spiro atoms. The molecule has 6 heteroatoms. The summed E-state index contributed by atoms with van der Waals surface area (Å²) < 4.78 is 2.15. The molecule has 6 nitrogen and oxygen atoms in total. The van der Waals surface area contributed by atoms with E-state index in [1.54, 1.807) is 6.20 Å². The lowest BCUT2D eigenvalue weighted by atomic mass is 9.95. The van der Waals surface area contributed by atoms with Crippen LogP contribution in [0.5, 0.6) is 0 Å². The number of fused-ring (bicyclic) bond motifs is 3. The molecular formula is C21H25N5O. The Balaban J connectivity index is 1.47. The van der Waals surface area contributed by atoms with Crippen LogP contribution >= 0.6 is 0 Å². The normalized spacial score (nSPS) is 21.1. The lowest BCUT2D eigenvalue weighted by molar-refractivity contribution is -0.136. The Kier molecular flexibility index (Phi) is 4.19. The lowest BCUT2D eigenvalue weighted by Gasteiger charge is -2.37. The van der Waals surface area contributed by atoms with Crippen molar-refractivity contribution < 1.29 is 4.79 Å². The fourth-order valence-electron chi connectivity index (χ4n) is 4.57. The van der Waals surface area contributed by atoms with E-state index in [2.05, 4.69) is 31.4 Å². The van der Waals surface area contributed by atoms with Gasteiger partial charge < -0.3 is 14.2 Å². The maximum atomic E-state index is 13.0. The molecule has 27 heavy (non-hydrogen) atoms. The highest BCUT2D eigenvalue weighted by Crippen LogP contribution is 2.29. The molecule has 0 saturated carbocycles. The zero-order valence-corrected chi connectivity index (χ0v) is 15.5. The zero-order valence-electron chi connectivity index (χ0n) is 15.5. The Morgan fingerprint density at radius 1 is 1.00 bits per heavy atom. The molecule has 0 aromatic carbocycles. The van der Waals surface area contributed by atoms with E-state index in [0.29, 0.717) is 5.91 Å². The van der Waals surface area contributed by atoms with Crippen LogP contribution in [0, 0.1) is 5.92 Å². The minimum absolute atomic E-state index is 0.0769. The van der Waals surface area contributed by atoms with Gasteiger partial charge in [-0.2, -0.15) is 0 Å². The second kappa shape index (κ2) is 6.83. The monoisotopic (exact) mass is 363 g/mol. The predicted molar refractivity (Wildman–Crippen MR) is 106 cm³/mol. The van der Waals surface area contributed by atoms with Crippen molar-refractivity contribution in [3.63, 3.8) is 0 Å². The van der Waals surface area contributed by atoms with Crippen molar-refractivity contribution in [3.8, 4) is 0 Å². The summed E-state index contributed by atoms with van der Waals surface area (Å²) in [6.45, 7) is 3.55. The van der Waals surface area contributed by atoms with Crippen LogP contribution in [0.3, 0.4) is 0 Å². The molecule has 0 radical (unpaired) electrons. The first-order valence-electron chi connectivity index (χ1n) is 10.1. The second-order valence-electron chi connectivity index (χ2n) is 7.72. The van der Waals surface area contributed by atoms with Gasteiger partial charge in [0.1, 0.15) is 0 Å². The van der Waals surface area contributed by atoms with E-state index in [9.17, 15) is 4.79 Å². The van der Waals surface area contributed by atoms with Gasteiger partial charge in [0.15, 0.2) is 11.5 Å². The number of hydrogen-bond acceptors (Lipinski definition) is 4. The molecule has 1 unspecified atom stereocenters. The molecule has 0 aliphatic carbocycles. The van der Waals surface area contributed by atoms with Crippen molar-refractivity contribution in [1.82, 2.24) is 19.3 Å². The van der Waals surface area contributed by atoms with Crippen molar-refractivity contribution in [3.05, 3.63) is 36.7 Å². The van der Waals surface area contributed by atoms with Crippen LogP contribution in [0.25, 0.3) is 16.7 Å². The van der Waals surface area contributed by atoms with E-state index in [4.69, 9.17) is 4.98 Å². The number of piperidine rings is 2. The summed E-state index contributed by atoms with van der Waals surface area (Å²) in [6, 6.07) is 8.14. The fraction of sp³-hybridized carbons (Fsp3) is 0.476. The van der Waals surface area contributed by atoms with Gasteiger partial charge in [-0.15, -0.1) is 0 Å². The number of anilines is 1. The van der Waals surface area contributed by atoms with Crippen molar-refractivity contribution >= 4 is 28.4 Å². The summed E-state index contributed by atoms with van der Waals surface area (Å²) in [4.78, 5) is 26.7. The molecule has 3 aromatic rings. The molecule has 5 heterocycles. The topological polar surface area (TPSA) is 53.7 Å². The molecule has 0 N–H and O–H groups in total. The SMILES string of the molecule is O=C(C1CCCN(c2nc3ncccc3n3cccc23)C1)N1CCCCC1. The van der Waals surface area contributed by atoms with Gasteiger partial charge in [0.05, 0.1) is 17.0 Å². The number of likely N-dealkylation sites (tertiary alicyclic amines) is 1. The number of aromatic nitrogens is 3. The van der Waals surface area contributed by atoms with Gasteiger partial charge in [-0.25, -0.2) is 9.97 Å². The maximum Gasteiger partial charge on any atom is 0.227 e. The van der Waals surface area contributed by atoms with Crippen LogP contribution in [-0.4, -0.2) is 51.4 Å². The van der Waals surface area contributed by atoms with Crippen molar-refractivity contribution in [2.24, 2.45) is 5.92 Å². The Morgan fingerprint density at radius 2 is 1.85 bits per heavy atom. The van der Waals surface area contributed by atoms with Crippen molar-refractivity contribution in [1.29, 1.82) is 0 Å². The van der Waals surface area contributed by atoms with Gasteiger partial charge in [-0.1, -0.05) is 0 Å². The first-order chi connectivity index (χ1) is 13.3. The van der Waals surface area contributed by atoms with Crippen LogP contribution in [0.15, 0.2) is 36.7 Å². The first kappa shape index (κ1) is 16.5. The molecule has 140 valence electrons. The standard InChI is InChI=1S/C21H25N5O/c27-21(24-11-2-1-3-12-24)16-7-5-13-25(15-16)20-18-9-6-14-26(18)17-8-4-10-22-19(17)23-20/h4,6,8-10,14,16H,1-3,5,7,11-13,15H2.